The van der Waals surface area contributed by atoms with E-state index in [-0.39, 0.29) is 0 Å². The van der Waals surface area contributed by atoms with Crippen molar-refractivity contribution >= 4 is 35.1 Å². The second-order valence-corrected chi connectivity index (χ2v) is 3.87. The molecule has 0 fully saturated rings. The summed E-state index contributed by atoms with van der Waals surface area (Å²) in [5, 5.41) is 0. The number of aldehydes is 1. The van der Waals surface area contributed by atoms with Crippen LogP contribution in [0.2, 0.25) is 0 Å². The van der Waals surface area contributed by atoms with E-state index in [4.69, 9.17) is 5.73 Å². The Kier molecular flexibility index (Phi) is 2.34. The number of carbonyl (C=O) groups excluding carboxylic acids is 1. The predicted molar refractivity (Wildman–Crippen MR) is 45.9 cm³/mol. The van der Waals surface area contributed by atoms with Crippen molar-refractivity contribution in [3.63, 3.8) is 0 Å². The third-order valence-corrected chi connectivity index (χ3v) is 3.27. The van der Waals surface area contributed by atoms with Crippen LogP contribution in [0.4, 0.5) is 5.69 Å². The molecule has 2 nitrogen and oxygen atoms in total. The van der Waals surface area contributed by atoms with Crippen LogP contribution in [0.5, 0.6) is 0 Å². The molecule has 0 unspecified atom stereocenters. The zero-order chi connectivity index (χ0) is 7.56. The SMILES string of the molecule is CSc1sc(C=O)cc1N. The molecule has 0 aliphatic carbocycles. The maximum atomic E-state index is 10.2. The van der Waals surface area contributed by atoms with Gasteiger partial charge in [-0.25, -0.2) is 0 Å². The molecule has 0 spiro atoms. The Labute approximate surface area is 67.4 Å². The molecule has 10 heavy (non-hydrogen) atoms. The number of nitrogens with two attached hydrogens (primary N) is 1. The molecule has 0 bridgehead atoms. The maximum absolute atomic E-state index is 10.2. The molecule has 0 aliphatic rings. The second-order valence-electron chi connectivity index (χ2n) is 1.71. The van der Waals surface area contributed by atoms with Crippen molar-refractivity contribution in [3.8, 4) is 0 Å². The maximum Gasteiger partial charge on any atom is 0.160 e. The van der Waals surface area contributed by atoms with E-state index in [1.54, 1.807) is 17.8 Å². The van der Waals surface area contributed by atoms with Crippen LogP contribution in [0.25, 0.3) is 0 Å². The fourth-order valence-corrected chi connectivity index (χ4v) is 2.17. The molecule has 0 saturated carbocycles. The van der Waals surface area contributed by atoms with E-state index in [1.165, 1.54) is 11.3 Å². The van der Waals surface area contributed by atoms with Crippen LogP contribution in [0, 0.1) is 0 Å². The first kappa shape index (κ1) is 7.63. The van der Waals surface area contributed by atoms with Gasteiger partial charge in [0.25, 0.3) is 0 Å². The van der Waals surface area contributed by atoms with Gasteiger partial charge in [-0.2, -0.15) is 0 Å². The quantitative estimate of drug-likeness (QED) is 0.548. The van der Waals surface area contributed by atoms with Crippen molar-refractivity contribution in [2.75, 3.05) is 12.0 Å². The number of hydrogen-bond acceptors (Lipinski definition) is 4. The average molecular weight is 173 g/mol. The second kappa shape index (κ2) is 3.07. The van der Waals surface area contributed by atoms with Crippen molar-refractivity contribution in [1.29, 1.82) is 0 Å². The van der Waals surface area contributed by atoms with Crippen molar-refractivity contribution < 1.29 is 4.79 Å². The van der Waals surface area contributed by atoms with Gasteiger partial charge in [-0.1, -0.05) is 0 Å². The molecule has 0 amide bonds. The van der Waals surface area contributed by atoms with Gasteiger partial charge < -0.3 is 5.73 Å². The first-order chi connectivity index (χ1) is 4.77. The topological polar surface area (TPSA) is 43.1 Å². The average Bonchev–Trinajstić information content (AvgIpc) is 2.30. The minimum Gasteiger partial charge on any atom is -0.397 e. The number of rotatable bonds is 2. The summed E-state index contributed by atoms with van der Waals surface area (Å²) in [5.74, 6) is 0. The minimum atomic E-state index is 0.696. The Hall–Kier alpha value is -0.480. The largest absolute Gasteiger partial charge is 0.397 e. The molecule has 4 heteroatoms. The predicted octanol–water partition coefficient (Wildman–Crippen LogP) is 1.86. The number of thioether (sulfide) groups is 1. The molecule has 0 radical (unpaired) electrons. The Morgan fingerprint density at radius 3 is 2.80 bits per heavy atom. The summed E-state index contributed by atoms with van der Waals surface area (Å²) in [6, 6.07) is 1.70. The third kappa shape index (κ3) is 1.33. The molecule has 1 aromatic rings. The number of thiophene rings is 1. The lowest BCUT2D eigenvalue weighted by Crippen LogP contribution is -1.80. The molecule has 2 N–H and O–H groups in total. The van der Waals surface area contributed by atoms with Crippen molar-refractivity contribution in [1.82, 2.24) is 0 Å². The Bertz CT molecular complexity index is 244. The van der Waals surface area contributed by atoms with Crippen LogP contribution >= 0.6 is 23.1 Å². The monoisotopic (exact) mass is 173 g/mol. The van der Waals surface area contributed by atoms with Crippen LogP contribution in [0.3, 0.4) is 0 Å². The lowest BCUT2D eigenvalue weighted by Gasteiger charge is -1.87. The molecule has 0 aliphatic heterocycles. The van der Waals surface area contributed by atoms with E-state index in [0.29, 0.717) is 10.6 Å². The Morgan fingerprint density at radius 2 is 2.50 bits per heavy atom. The minimum absolute atomic E-state index is 0.696. The van der Waals surface area contributed by atoms with Crippen LogP contribution in [-0.2, 0) is 0 Å². The third-order valence-electron chi connectivity index (χ3n) is 1.05. The number of hydrogen-bond donors (Lipinski definition) is 1. The highest BCUT2D eigenvalue weighted by Gasteiger charge is 2.02. The van der Waals surface area contributed by atoms with Crippen LogP contribution in [-0.4, -0.2) is 12.5 Å². The Morgan fingerprint density at radius 1 is 1.80 bits per heavy atom. The van der Waals surface area contributed by atoms with Crippen molar-refractivity contribution in [2.45, 2.75) is 4.21 Å². The molecule has 0 saturated heterocycles. The lowest BCUT2D eigenvalue weighted by molar-refractivity contribution is 0.112. The van der Waals surface area contributed by atoms with E-state index in [0.717, 1.165) is 10.5 Å². The zero-order valence-corrected chi connectivity index (χ0v) is 7.09. The van der Waals surface area contributed by atoms with Gasteiger partial charge in [0, 0.05) is 0 Å². The molecule has 1 aromatic heterocycles. The fraction of sp³-hybridized carbons (Fsp3) is 0.167. The molecule has 54 valence electrons. The molecule has 0 aromatic carbocycles. The van der Waals surface area contributed by atoms with Gasteiger partial charge in [0.1, 0.15) is 0 Å². The standard InChI is InChI=1S/C6H7NOS2/c1-9-6-5(7)2-4(3-8)10-6/h2-3H,7H2,1H3. The van der Waals surface area contributed by atoms with Crippen LogP contribution in [0.1, 0.15) is 9.67 Å². The van der Waals surface area contributed by atoms with E-state index in [2.05, 4.69) is 0 Å². The van der Waals surface area contributed by atoms with E-state index in [9.17, 15) is 4.79 Å². The summed E-state index contributed by atoms with van der Waals surface area (Å²) >= 11 is 3.00. The summed E-state index contributed by atoms with van der Waals surface area (Å²) < 4.78 is 1.02. The molecule has 1 heterocycles. The van der Waals surface area contributed by atoms with Gasteiger partial charge in [-0.05, 0) is 12.3 Å². The van der Waals surface area contributed by atoms with E-state index < -0.39 is 0 Å². The Balaban J connectivity index is 3.03. The van der Waals surface area contributed by atoms with Gasteiger partial charge in [0.05, 0.1) is 14.8 Å². The van der Waals surface area contributed by atoms with Crippen molar-refractivity contribution in [2.24, 2.45) is 0 Å². The number of nitrogen functional groups attached to an aromatic ring is 1. The number of anilines is 1. The molecular formula is C6H7NOS2. The molecule has 1 rings (SSSR count). The van der Waals surface area contributed by atoms with Crippen LogP contribution in [0.15, 0.2) is 10.3 Å². The fourth-order valence-electron chi connectivity index (χ4n) is 0.625. The summed E-state index contributed by atoms with van der Waals surface area (Å²) in [7, 11) is 0. The summed E-state index contributed by atoms with van der Waals surface area (Å²) in [6.07, 6.45) is 2.76. The summed E-state index contributed by atoms with van der Waals surface area (Å²) in [6.45, 7) is 0. The van der Waals surface area contributed by atoms with Crippen molar-refractivity contribution in [3.05, 3.63) is 10.9 Å². The highest BCUT2D eigenvalue weighted by molar-refractivity contribution is 8.00. The first-order valence-electron chi connectivity index (χ1n) is 2.66. The zero-order valence-electron chi connectivity index (χ0n) is 5.46. The lowest BCUT2D eigenvalue weighted by atomic mass is 10.5. The van der Waals surface area contributed by atoms with Gasteiger partial charge in [0.2, 0.25) is 0 Å². The first-order valence-corrected chi connectivity index (χ1v) is 4.70. The molecule has 0 atom stereocenters. The highest BCUT2D eigenvalue weighted by Crippen LogP contribution is 2.31. The summed E-state index contributed by atoms with van der Waals surface area (Å²) in [5.41, 5.74) is 6.27. The van der Waals surface area contributed by atoms with E-state index >= 15 is 0 Å². The van der Waals surface area contributed by atoms with Crippen LogP contribution < -0.4 is 5.73 Å². The van der Waals surface area contributed by atoms with Gasteiger partial charge in [-0.15, -0.1) is 23.1 Å². The smallest absolute Gasteiger partial charge is 0.160 e. The van der Waals surface area contributed by atoms with Gasteiger partial charge in [0.15, 0.2) is 6.29 Å². The van der Waals surface area contributed by atoms with E-state index in [1.807, 2.05) is 6.26 Å². The number of carbonyl (C=O) groups is 1. The van der Waals surface area contributed by atoms with Gasteiger partial charge >= 0.3 is 0 Å². The highest BCUT2D eigenvalue weighted by atomic mass is 32.2. The van der Waals surface area contributed by atoms with Gasteiger partial charge in [-0.3, -0.25) is 4.79 Å². The molecular weight excluding hydrogens is 166 g/mol. The normalized spacial score (nSPS) is 9.70. The summed E-state index contributed by atoms with van der Waals surface area (Å²) in [4.78, 5) is 10.9.